The van der Waals surface area contributed by atoms with E-state index in [0.29, 0.717) is 0 Å². The van der Waals surface area contributed by atoms with Crippen molar-refractivity contribution >= 4 is 0 Å². The molecule has 0 spiro atoms. The molecule has 0 heteroatoms. The van der Waals surface area contributed by atoms with Crippen LogP contribution in [0, 0.1) is 0 Å². The van der Waals surface area contributed by atoms with E-state index in [9.17, 15) is 0 Å². The Bertz CT molecular complexity index is 338. The van der Waals surface area contributed by atoms with E-state index in [0.717, 1.165) is 12.8 Å². The monoisotopic (exact) mass is 200 g/mol. The highest BCUT2D eigenvalue weighted by Crippen LogP contribution is 2.07. The van der Waals surface area contributed by atoms with Crippen molar-refractivity contribution in [2.24, 2.45) is 0 Å². The van der Waals surface area contributed by atoms with Crippen LogP contribution in [0.2, 0.25) is 0 Å². The molecule has 0 aliphatic rings. The molecule has 0 amide bonds. The van der Waals surface area contributed by atoms with Gasteiger partial charge in [0.25, 0.3) is 0 Å². The summed E-state index contributed by atoms with van der Waals surface area (Å²) in [5.74, 6) is 0. The minimum Gasteiger partial charge on any atom is -0.0818 e. The molecule has 80 valence electrons. The summed E-state index contributed by atoms with van der Waals surface area (Å²) in [6.07, 6.45) is 6.71. The summed E-state index contributed by atoms with van der Waals surface area (Å²) >= 11 is 0. The maximum Gasteiger partial charge on any atom is -0.00948 e. The van der Waals surface area contributed by atoms with E-state index in [4.69, 9.17) is 0 Å². The van der Waals surface area contributed by atoms with E-state index in [-0.39, 0.29) is 0 Å². The SMILES string of the molecule is CC(C)=CCC(C)=CCc1ccccc1. The third kappa shape index (κ3) is 5.21. The van der Waals surface area contributed by atoms with E-state index in [1.54, 1.807) is 0 Å². The molecule has 0 nitrogen and oxygen atoms in total. The lowest BCUT2D eigenvalue weighted by atomic mass is 10.1. The lowest BCUT2D eigenvalue weighted by Crippen LogP contribution is -1.82. The largest absolute Gasteiger partial charge is 0.0818 e. The molecule has 1 aromatic rings. The summed E-state index contributed by atoms with van der Waals surface area (Å²) in [7, 11) is 0. The van der Waals surface area contributed by atoms with Crippen LogP contribution in [0.1, 0.15) is 32.8 Å². The maximum absolute atomic E-state index is 2.31. The fourth-order valence-corrected chi connectivity index (χ4v) is 1.35. The smallest absolute Gasteiger partial charge is 0.00948 e. The third-order valence-electron chi connectivity index (χ3n) is 2.36. The van der Waals surface area contributed by atoms with Crippen LogP contribution in [0.3, 0.4) is 0 Å². The highest BCUT2D eigenvalue weighted by Gasteiger charge is 1.89. The minimum absolute atomic E-state index is 1.04. The normalized spacial score (nSPS) is 11.3. The average molecular weight is 200 g/mol. The first-order valence-electron chi connectivity index (χ1n) is 5.51. The number of hydrogen-bond acceptors (Lipinski definition) is 0. The van der Waals surface area contributed by atoms with Gasteiger partial charge in [0.1, 0.15) is 0 Å². The van der Waals surface area contributed by atoms with Gasteiger partial charge in [-0.3, -0.25) is 0 Å². The molecule has 0 heterocycles. The molecule has 0 unspecified atom stereocenters. The molecule has 0 N–H and O–H groups in total. The first kappa shape index (κ1) is 11.8. The molecule has 0 aliphatic carbocycles. The predicted octanol–water partition coefficient (Wildman–Crippen LogP) is 4.53. The van der Waals surface area contributed by atoms with Crippen LogP contribution in [0.15, 0.2) is 53.6 Å². The minimum atomic E-state index is 1.04. The molecule has 0 radical (unpaired) electrons. The van der Waals surface area contributed by atoms with Gasteiger partial charge in [-0.15, -0.1) is 0 Å². The van der Waals surface area contributed by atoms with Gasteiger partial charge in [-0.05, 0) is 39.2 Å². The summed E-state index contributed by atoms with van der Waals surface area (Å²) in [5.41, 5.74) is 4.22. The van der Waals surface area contributed by atoms with Gasteiger partial charge < -0.3 is 0 Å². The van der Waals surface area contributed by atoms with Crippen molar-refractivity contribution in [3.8, 4) is 0 Å². The van der Waals surface area contributed by atoms with Crippen molar-refractivity contribution in [3.05, 3.63) is 59.2 Å². The zero-order valence-electron chi connectivity index (χ0n) is 9.96. The van der Waals surface area contributed by atoms with Gasteiger partial charge in [0.2, 0.25) is 0 Å². The van der Waals surface area contributed by atoms with Gasteiger partial charge in [-0.25, -0.2) is 0 Å². The molecule has 15 heavy (non-hydrogen) atoms. The Balaban J connectivity index is 2.47. The number of hydrogen-bond donors (Lipinski definition) is 0. The zero-order valence-corrected chi connectivity index (χ0v) is 9.96. The Hall–Kier alpha value is -1.30. The van der Waals surface area contributed by atoms with E-state index in [1.807, 2.05) is 0 Å². The van der Waals surface area contributed by atoms with Gasteiger partial charge in [0, 0.05) is 0 Å². The van der Waals surface area contributed by atoms with E-state index in [2.05, 4.69) is 63.3 Å². The Labute approximate surface area is 93.3 Å². The molecule has 0 aromatic heterocycles. The van der Waals surface area contributed by atoms with Gasteiger partial charge in [-0.1, -0.05) is 53.6 Å². The van der Waals surface area contributed by atoms with Crippen molar-refractivity contribution in [1.29, 1.82) is 0 Å². The first-order chi connectivity index (χ1) is 7.18. The van der Waals surface area contributed by atoms with Crippen LogP contribution in [0.4, 0.5) is 0 Å². The lowest BCUT2D eigenvalue weighted by Gasteiger charge is -1.99. The van der Waals surface area contributed by atoms with Crippen LogP contribution in [0.5, 0.6) is 0 Å². The van der Waals surface area contributed by atoms with Gasteiger partial charge >= 0.3 is 0 Å². The van der Waals surface area contributed by atoms with E-state index >= 15 is 0 Å². The van der Waals surface area contributed by atoms with Gasteiger partial charge in [0.15, 0.2) is 0 Å². The molecular formula is C15H20. The van der Waals surface area contributed by atoms with E-state index < -0.39 is 0 Å². The third-order valence-corrected chi connectivity index (χ3v) is 2.36. The lowest BCUT2D eigenvalue weighted by molar-refractivity contribution is 1.13. The van der Waals surface area contributed by atoms with Crippen LogP contribution < -0.4 is 0 Å². The van der Waals surface area contributed by atoms with Gasteiger partial charge in [0.05, 0.1) is 0 Å². The average Bonchev–Trinajstić information content (AvgIpc) is 2.25. The molecule has 0 atom stereocenters. The van der Waals surface area contributed by atoms with Crippen molar-refractivity contribution in [3.63, 3.8) is 0 Å². The fraction of sp³-hybridized carbons (Fsp3) is 0.333. The standard InChI is InChI=1S/C15H20/c1-13(2)9-10-14(3)11-12-15-7-5-4-6-8-15/h4-9,11H,10,12H2,1-3H3. The number of benzene rings is 1. The summed E-state index contributed by atoms with van der Waals surface area (Å²) in [4.78, 5) is 0. The second-order valence-electron chi connectivity index (χ2n) is 4.23. The second kappa shape index (κ2) is 6.23. The van der Waals surface area contributed by atoms with Crippen LogP contribution >= 0.6 is 0 Å². The van der Waals surface area contributed by atoms with Crippen molar-refractivity contribution in [2.45, 2.75) is 33.6 Å². The Morgan fingerprint density at radius 2 is 1.67 bits per heavy atom. The topological polar surface area (TPSA) is 0 Å². The zero-order chi connectivity index (χ0) is 11.1. The van der Waals surface area contributed by atoms with Gasteiger partial charge in [-0.2, -0.15) is 0 Å². The Kier molecular flexibility index (Phi) is 4.89. The maximum atomic E-state index is 2.31. The molecule has 1 aromatic carbocycles. The molecule has 0 bridgehead atoms. The molecule has 0 fully saturated rings. The fourth-order valence-electron chi connectivity index (χ4n) is 1.35. The number of allylic oxidation sites excluding steroid dienone is 4. The highest BCUT2D eigenvalue weighted by atomic mass is 14.0. The van der Waals surface area contributed by atoms with Crippen molar-refractivity contribution in [1.82, 2.24) is 0 Å². The van der Waals surface area contributed by atoms with Crippen LogP contribution in [-0.2, 0) is 6.42 Å². The number of rotatable bonds is 4. The quantitative estimate of drug-likeness (QED) is 0.626. The second-order valence-corrected chi connectivity index (χ2v) is 4.23. The summed E-state index contributed by atoms with van der Waals surface area (Å²) < 4.78 is 0. The molecule has 0 saturated carbocycles. The summed E-state index contributed by atoms with van der Waals surface area (Å²) in [6, 6.07) is 10.6. The molecular weight excluding hydrogens is 180 g/mol. The van der Waals surface area contributed by atoms with Crippen molar-refractivity contribution < 1.29 is 0 Å². The van der Waals surface area contributed by atoms with Crippen LogP contribution in [0.25, 0.3) is 0 Å². The van der Waals surface area contributed by atoms with Crippen molar-refractivity contribution in [2.75, 3.05) is 0 Å². The van der Waals surface area contributed by atoms with E-state index in [1.165, 1.54) is 16.7 Å². The first-order valence-corrected chi connectivity index (χ1v) is 5.51. The van der Waals surface area contributed by atoms with Crippen LogP contribution in [-0.4, -0.2) is 0 Å². The molecule has 0 aliphatic heterocycles. The molecule has 1 rings (SSSR count). The highest BCUT2D eigenvalue weighted by molar-refractivity contribution is 5.19. The molecule has 0 saturated heterocycles. The predicted molar refractivity (Wildman–Crippen MR) is 68.0 cm³/mol. The Morgan fingerprint density at radius 1 is 1.00 bits per heavy atom. The summed E-state index contributed by atoms with van der Waals surface area (Å²) in [6.45, 7) is 6.48. The summed E-state index contributed by atoms with van der Waals surface area (Å²) in [5, 5.41) is 0. The Morgan fingerprint density at radius 3 is 2.27 bits per heavy atom.